The summed E-state index contributed by atoms with van der Waals surface area (Å²) >= 11 is 0. The van der Waals surface area contributed by atoms with Crippen LogP contribution in [0.5, 0.6) is 11.5 Å². The zero-order chi connectivity index (χ0) is 18.7. The van der Waals surface area contributed by atoms with Crippen LogP contribution in [0.25, 0.3) is 5.78 Å². The average Bonchev–Trinajstić information content (AvgIpc) is 3.11. The lowest BCUT2D eigenvalue weighted by atomic mass is 10.1. The molecule has 0 fully saturated rings. The molecule has 3 rings (SSSR count). The van der Waals surface area contributed by atoms with Gasteiger partial charge in [-0.25, -0.2) is 9.50 Å². The van der Waals surface area contributed by atoms with Crippen LogP contribution in [0.1, 0.15) is 22.5 Å². The molecule has 1 aromatic carbocycles. The predicted octanol–water partition coefficient (Wildman–Crippen LogP) is 1.62. The summed E-state index contributed by atoms with van der Waals surface area (Å²) in [4.78, 5) is 20.9. The second kappa shape index (κ2) is 7.38. The van der Waals surface area contributed by atoms with Crippen LogP contribution in [-0.4, -0.2) is 39.7 Å². The van der Waals surface area contributed by atoms with Gasteiger partial charge in [0.2, 0.25) is 5.91 Å². The van der Waals surface area contributed by atoms with Crippen molar-refractivity contribution in [1.29, 1.82) is 0 Å². The summed E-state index contributed by atoms with van der Waals surface area (Å²) in [5, 5.41) is 7.07. The van der Waals surface area contributed by atoms with Gasteiger partial charge >= 0.3 is 0 Å². The molecule has 0 unspecified atom stereocenters. The van der Waals surface area contributed by atoms with Gasteiger partial charge < -0.3 is 14.8 Å². The van der Waals surface area contributed by atoms with Crippen LogP contribution in [0.3, 0.4) is 0 Å². The highest BCUT2D eigenvalue weighted by molar-refractivity contribution is 5.79. The van der Waals surface area contributed by atoms with Crippen molar-refractivity contribution in [2.75, 3.05) is 14.2 Å². The molecule has 2 aromatic heterocycles. The molecular formula is C18H21N5O3. The maximum absolute atomic E-state index is 12.4. The Morgan fingerprint density at radius 2 is 1.96 bits per heavy atom. The van der Waals surface area contributed by atoms with Gasteiger partial charge in [-0.3, -0.25) is 4.79 Å². The van der Waals surface area contributed by atoms with Crippen molar-refractivity contribution in [2.45, 2.75) is 26.8 Å². The maximum Gasteiger partial charge on any atom is 0.252 e. The number of carbonyl (C=O) groups is 1. The first-order valence-electron chi connectivity index (χ1n) is 8.17. The zero-order valence-corrected chi connectivity index (χ0v) is 15.2. The van der Waals surface area contributed by atoms with E-state index in [1.807, 2.05) is 32.0 Å². The Kier molecular flexibility index (Phi) is 5.01. The van der Waals surface area contributed by atoms with Gasteiger partial charge in [0.05, 0.1) is 20.6 Å². The van der Waals surface area contributed by atoms with E-state index >= 15 is 0 Å². The minimum absolute atomic E-state index is 0.0905. The number of aryl methyl sites for hydroxylation is 2. The van der Waals surface area contributed by atoms with Crippen LogP contribution in [0, 0.1) is 13.8 Å². The number of amides is 1. The minimum atomic E-state index is -0.0905. The number of carbonyl (C=O) groups excluding carboxylic acids is 1. The normalized spacial score (nSPS) is 10.8. The smallest absolute Gasteiger partial charge is 0.252 e. The van der Waals surface area contributed by atoms with Gasteiger partial charge in [0, 0.05) is 23.5 Å². The Morgan fingerprint density at radius 1 is 1.19 bits per heavy atom. The second-order valence-corrected chi connectivity index (χ2v) is 5.88. The van der Waals surface area contributed by atoms with Crippen LogP contribution in [0.2, 0.25) is 0 Å². The average molecular weight is 355 g/mol. The molecule has 26 heavy (non-hydrogen) atoms. The molecule has 136 valence electrons. The SMILES string of the molecule is COc1ccc(CNC(=O)Cc2c(C)nc3ncnn3c2C)cc1OC. The number of hydrogen-bond acceptors (Lipinski definition) is 6. The summed E-state index contributed by atoms with van der Waals surface area (Å²) in [7, 11) is 3.17. The van der Waals surface area contributed by atoms with E-state index in [2.05, 4.69) is 20.4 Å². The molecule has 3 aromatic rings. The largest absolute Gasteiger partial charge is 0.493 e. The molecule has 0 atom stereocenters. The highest BCUT2D eigenvalue weighted by atomic mass is 16.5. The summed E-state index contributed by atoms with van der Waals surface area (Å²) in [5.74, 6) is 1.73. The fourth-order valence-electron chi connectivity index (χ4n) is 2.83. The second-order valence-electron chi connectivity index (χ2n) is 5.88. The van der Waals surface area contributed by atoms with Crippen molar-refractivity contribution in [3.8, 4) is 11.5 Å². The molecule has 2 heterocycles. The molecule has 0 bridgehead atoms. The molecule has 0 radical (unpaired) electrons. The summed E-state index contributed by atoms with van der Waals surface area (Å²) in [5.41, 5.74) is 3.43. The van der Waals surface area contributed by atoms with Crippen LogP contribution in [-0.2, 0) is 17.8 Å². The van der Waals surface area contributed by atoms with Gasteiger partial charge in [-0.15, -0.1) is 0 Å². The van der Waals surface area contributed by atoms with Crippen LogP contribution in [0.15, 0.2) is 24.5 Å². The van der Waals surface area contributed by atoms with E-state index in [-0.39, 0.29) is 12.3 Å². The van der Waals surface area contributed by atoms with Gasteiger partial charge in [0.1, 0.15) is 6.33 Å². The number of nitrogens with zero attached hydrogens (tertiary/aromatic N) is 4. The molecule has 1 N–H and O–H groups in total. The van der Waals surface area contributed by atoms with Crippen molar-refractivity contribution in [3.05, 3.63) is 47.0 Å². The number of hydrogen-bond donors (Lipinski definition) is 1. The van der Waals surface area contributed by atoms with Crippen molar-refractivity contribution < 1.29 is 14.3 Å². The summed E-state index contributed by atoms with van der Waals surface area (Å²) in [6.45, 7) is 4.18. The summed E-state index contributed by atoms with van der Waals surface area (Å²) < 4.78 is 12.1. The van der Waals surface area contributed by atoms with Crippen molar-refractivity contribution in [2.24, 2.45) is 0 Å². The van der Waals surface area contributed by atoms with Crippen LogP contribution >= 0.6 is 0 Å². The predicted molar refractivity (Wildman–Crippen MR) is 95.4 cm³/mol. The van der Waals surface area contributed by atoms with Gasteiger partial charge in [0.15, 0.2) is 11.5 Å². The molecule has 0 aliphatic heterocycles. The van der Waals surface area contributed by atoms with E-state index in [1.165, 1.54) is 6.33 Å². The summed E-state index contributed by atoms with van der Waals surface area (Å²) in [6, 6.07) is 5.55. The fourth-order valence-corrected chi connectivity index (χ4v) is 2.83. The van der Waals surface area contributed by atoms with Crippen molar-refractivity contribution >= 4 is 11.7 Å². The Balaban J connectivity index is 1.70. The van der Waals surface area contributed by atoms with Crippen molar-refractivity contribution in [3.63, 3.8) is 0 Å². The van der Waals surface area contributed by atoms with E-state index in [4.69, 9.17) is 9.47 Å². The number of fused-ring (bicyclic) bond motifs is 1. The zero-order valence-electron chi connectivity index (χ0n) is 15.2. The van der Waals surface area contributed by atoms with E-state index in [9.17, 15) is 4.79 Å². The Morgan fingerprint density at radius 3 is 2.69 bits per heavy atom. The first kappa shape index (κ1) is 17.7. The highest BCUT2D eigenvalue weighted by Crippen LogP contribution is 2.27. The van der Waals surface area contributed by atoms with Gasteiger partial charge in [0.25, 0.3) is 5.78 Å². The molecule has 8 nitrogen and oxygen atoms in total. The highest BCUT2D eigenvalue weighted by Gasteiger charge is 2.14. The van der Waals surface area contributed by atoms with Gasteiger partial charge in [-0.05, 0) is 31.5 Å². The molecule has 0 saturated carbocycles. The first-order valence-corrected chi connectivity index (χ1v) is 8.17. The fraction of sp³-hybridized carbons (Fsp3) is 0.333. The number of benzene rings is 1. The third-order valence-corrected chi connectivity index (χ3v) is 4.26. The Bertz CT molecular complexity index is 951. The van der Waals surface area contributed by atoms with Gasteiger partial charge in [-0.2, -0.15) is 10.1 Å². The van der Waals surface area contributed by atoms with E-state index in [0.29, 0.717) is 23.8 Å². The molecule has 1 amide bonds. The molecule has 0 spiro atoms. The van der Waals surface area contributed by atoms with E-state index < -0.39 is 0 Å². The number of ether oxygens (including phenoxy) is 2. The number of aromatic nitrogens is 4. The molecule has 0 aliphatic rings. The lowest BCUT2D eigenvalue weighted by Crippen LogP contribution is -2.26. The molecule has 8 heteroatoms. The van der Waals surface area contributed by atoms with E-state index in [1.54, 1.807) is 18.7 Å². The Labute approximate surface area is 151 Å². The van der Waals surface area contributed by atoms with E-state index in [0.717, 1.165) is 22.5 Å². The molecule has 0 saturated heterocycles. The maximum atomic E-state index is 12.4. The summed E-state index contributed by atoms with van der Waals surface area (Å²) in [6.07, 6.45) is 1.68. The number of nitrogens with one attached hydrogen (secondary N) is 1. The number of methoxy groups -OCH3 is 2. The standard InChI is InChI=1S/C18H21N5O3/c1-11-14(12(2)23-18(22-11)20-10-21-23)8-17(24)19-9-13-5-6-15(25-3)16(7-13)26-4/h5-7,10H,8-9H2,1-4H3,(H,19,24). The number of rotatable bonds is 6. The van der Waals surface area contributed by atoms with Gasteiger partial charge in [-0.1, -0.05) is 6.07 Å². The third-order valence-electron chi connectivity index (χ3n) is 4.26. The first-order chi connectivity index (χ1) is 12.5. The topological polar surface area (TPSA) is 90.6 Å². The lowest BCUT2D eigenvalue weighted by Gasteiger charge is -2.12. The van der Waals surface area contributed by atoms with Crippen LogP contribution < -0.4 is 14.8 Å². The minimum Gasteiger partial charge on any atom is -0.493 e. The lowest BCUT2D eigenvalue weighted by molar-refractivity contribution is -0.120. The Hall–Kier alpha value is -3.16. The molecule has 0 aliphatic carbocycles. The third kappa shape index (κ3) is 3.44. The quantitative estimate of drug-likeness (QED) is 0.722. The van der Waals surface area contributed by atoms with Crippen molar-refractivity contribution in [1.82, 2.24) is 24.9 Å². The molecular weight excluding hydrogens is 334 g/mol. The monoisotopic (exact) mass is 355 g/mol. The van der Waals surface area contributed by atoms with Crippen LogP contribution in [0.4, 0.5) is 0 Å².